The molecule has 3 heteroatoms. The summed E-state index contributed by atoms with van der Waals surface area (Å²) in [6.45, 7) is 6.81. The van der Waals surface area contributed by atoms with Crippen molar-refractivity contribution in [3.8, 4) is 0 Å². The maximum absolute atomic E-state index is 5.81. The zero-order chi connectivity index (χ0) is 8.69. The number of hydrogen-bond donors (Lipinski definition) is 3. The molecule has 0 saturated carbocycles. The summed E-state index contributed by atoms with van der Waals surface area (Å²) < 4.78 is 0. The van der Waals surface area contributed by atoms with E-state index in [0.717, 1.165) is 19.5 Å². The summed E-state index contributed by atoms with van der Waals surface area (Å²) in [6.07, 6.45) is 1.08. The Morgan fingerprint density at radius 1 is 1.36 bits per heavy atom. The van der Waals surface area contributed by atoms with Gasteiger partial charge in [-0.15, -0.1) is 0 Å². The quantitative estimate of drug-likeness (QED) is 0.475. The van der Waals surface area contributed by atoms with Crippen LogP contribution in [0, 0.1) is 5.92 Å². The normalized spacial score (nSPS) is 13.9. The molecule has 0 aliphatic heterocycles. The predicted molar refractivity (Wildman–Crippen MR) is 49.4 cm³/mol. The molecular formula is C8H21N3. The van der Waals surface area contributed by atoms with Gasteiger partial charge in [0.25, 0.3) is 0 Å². The van der Waals surface area contributed by atoms with E-state index < -0.39 is 0 Å². The van der Waals surface area contributed by atoms with E-state index in [0.29, 0.717) is 12.5 Å². The zero-order valence-electron chi connectivity index (χ0n) is 7.64. The molecule has 5 N–H and O–H groups in total. The standard InChI is InChI=1S/C8H21N3/c1-7(2)5-8(10)6-11-4-3-9/h7-8,11H,3-6,9-10H2,1-2H3/t8-/m0/s1. The maximum Gasteiger partial charge on any atom is 0.0167 e. The van der Waals surface area contributed by atoms with Gasteiger partial charge in [0.15, 0.2) is 0 Å². The van der Waals surface area contributed by atoms with Crippen LogP contribution in [0.2, 0.25) is 0 Å². The lowest BCUT2D eigenvalue weighted by Gasteiger charge is -2.14. The van der Waals surface area contributed by atoms with Crippen molar-refractivity contribution in [1.82, 2.24) is 5.32 Å². The molecule has 0 aromatic carbocycles. The molecule has 0 bridgehead atoms. The Morgan fingerprint density at radius 3 is 2.45 bits per heavy atom. The summed E-state index contributed by atoms with van der Waals surface area (Å²) in [7, 11) is 0. The Morgan fingerprint density at radius 2 is 2.00 bits per heavy atom. The molecule has 0 aliphatic carbocycles. The van der Waals surface area contributed by atoms with E-state index in [1.165, 1.54) is 0 Å². The van der Waals surface area contributed by atoms with Gasteiger partial charge in [-0.2, -0.15) is 0 Å². The van der Waals surface area contributed by atoms with E-state index in [1.54, 1.807) is 0 Å². The van der Waals surface area contributed by atoms with Gasteiger partial charge in [-0.05, 0) is 12.3 Å². The third-order valence-electron chi connectivity index (χ3n) is 1.50. The van der Waals surface area contributed by atoms with Gasteiger partial charge in [0, 0.05) is 25.7 Å². The fourth-order valence-corrected chi connectivity index (χ4v) is 1.08. The van der Waals surface area contributed by atoms with E-state index in [9.17, 15) is 0 Å². The molecule has 11 heavy (non-hydrogen) atoms. The summed E-state index contributed by atoms with van der Waals surface area (Å²) in [5.41, 5.74) is 11.1. The largest absolute Gasteiger partial charge is 0.329 e. The predicted octanol–water partition coefficient (Wildman–Crippen LogP) is -0.0919. The Bertz CT molecular complexity index is 83.4. The maximum atomic E-state index is 5.81. The van der Waals surface area contributed by atoms with Gasteiger partial charge in [-0.1, -0.05) is 13.8 Å². The van der Waals surface area contributed by atoms with Crippen LogP contribution in [0.5, 0.6) is 0 Å². The van der Waals surface area contributed by atoms with Crippen LogP contribution < -0.4 is 16.8 Å². The van der Waals surface area contributed by atoms with Crippen molar-refractivity contribution in [3.63, 3.8) is 0 Å². The highest BCUT2D eigenvalue weighted by molar-refractivity contribution is 4.66. The number of rotatable bonds is 6. The Labute approximate surface area is 69.5 Å². The van der Waals surface area contributed by atoms with Gasteiger partial charge in [-0.3, -0.25) is 0 Å². The van der Waals surface area contributed by atoms with Crippen molar-refractivity contribution in [2.45, 2.75) is 26.3 Å². The van der Waals surface area contributed by atoms with Crippen LogP contribution >= 0.6 is 0 Å². The Kier molecular flexibility index (Phi) is 6.51. The summed E-state index contributed by atoms with van der Waals surface area (Å²) in [5, 5.41) is 3.19. The molecule has 1 atom stereocenters. The van der Waals surface area contributed by atoms with Gasteiger partial charge >= 0.3 is 0 Å². The Balaban J connectivity index is 3.15. The highest BCUT2D eigenvalue weighted by Crippen LogP contribution is 2.00. The van der Waals surface area contributed by atoms with Crippen LogP contribution in [0.4, 0.5) is 0 Å². The molecule has 0 fully saturated rings. The molecule has 0 spiro atoms. The van der Waals surface area contributed by atoms with Crippen LogP contribution in [-0.2, 0) is 0 Å². The van der Waals surface area contributed by atoms with Gasteiger partial charge in [-0.25, -0.2) is 0 Å². The molecule has 3 nitrogen and oxygen atoms in total. The first-order valence-corrected chi connectivity index (χ1v) is 4.33. The van der Waals surface area contributed by atoms with Crippen molar-refractivity contribution in [3.05, 3.63) is 0 Å². The third kappa shape index (κ3) is 7.78. The van der Waals surface area contributed by atoms with Crippen LogP contribution in [0.3, 0.4) is 0 Å². The molecule has 0 aliphatic rings. The van der Waals surface area contributed by atoms with Crippen LogP contribution in [-0.4, -0.2) is 25.7 Å². The summed E-state index contributed by atoms with van der Waals surface area (Å²) >= 11 is 0. The van der Waals surface area contributed by atoms with Gasteiger partial charge in [0.1, 0.15) is 0 Å². The van der Waals surface area contributed by atoms with Crippen molar-refractivity contribution >= 4 is 0 Å². The van der Waals surface area contributed by atoms with Crippen molar-refractivity contribution in [2.75, 3.05) is 19.6 Å². The third-order valence-corrected chi connectivity index (χ3v) is 1.50. The number of nitrogens with two attached hydrogens (primary N) is 2. The highest BCUT2D eigenvalue weighted by atomic mass is 14.9. The fraction of sp³-hybridized carbons (Fsp3) is 1.00. The number of nitrogens with one attached hydrogen (secondary N) is 1. The summed E-state index contributed by atoms with van der Waals surface area (Å²) in [6, 6.07) is 0.279. The molecule has 0 radical (unpaired) electrons. The second-order valence-corrected chi connectivity index (χ2v) is 3.38. The highest BCUT2D eigenvalue weighted by Gasteiger charge is 2.03. The molecule has 0 saturated heterocycles. The van der Waals surface area contributed by atoms with Crippen molar-refractivity contribution in [2.24, 2.45) is 17.4 Å². The van der Waals surface area contributed by atoms with Gasteiger partial charge in [0.05, 0.1) is 0 Å². The van der Waals surface area contributed by atoms with Crippen molar-refractivity contribution < 1.29 is 0 Å². The molecule has 0 aromatic rings. The van der Waals surface area contributed by atoms with E-state index in [4.69, 9.17) is 11.5 Å². The lowest BCUT2D eigenvalue weighted by molar-refractivity contribution is 0.470. The van der Waals surface area contributed by atoms with Crippen molar-refractivity contribution in [1.29, 1.82) is 0 Å². The van der Waals surface area contributed by atoms with E-state index >= 15 is 0 Å². The minimum absolute atomic E-state index is 0.279. The zero-order valence-corrected chi connectivity index (χ0v) is 7.64. The number of hydrogen-bond acceptors (Lipinski definition) is 3. The second kappa shape index (κ2) is 6.58. The second-order valence-electron chi connectivity index (χ2n) is 3.38. The molecule has 0 amide bonds. The molecular weight excluding hydrogens is 138 g/mol. The summed E-state index contributed by atoms with van der Waals surface area (Å²) in [4.78, 5) is 0. The first-order chi connectivity index (χ1) is 5.16. The van der Waals surface area contributed by atoms with Crippen LogP contribution in [0.1, 0.15) is 20.3 Å². The average molecular weight is 159 g/mol. The van der Waals surface area contributed by atoms with Gasteiger partial charge in [0.2, 0.25) is 0 Å². The Hall–Kier alpha value is -0.120. The fourth-order valence-electron chi connectivity index (χ4n) is 1.08. The molecule has 0 aromatic heterocycles. The minimum Gasteiger partial charge on any atom is -0.329 e. The van der Waals surface area contributed by atoms with Gasteiger partial charge < -0.3 is 16.8 Å². The van der Waals surface area contributed by atoms with Crippen LogP contribution in [0.25, 0.3) is 0 Å². The molecule has 0 unspecified atom stereocenters. The molecule has 68 valence electrons. The first-order valence-electron chi connectivity index (χ1n) is 4.33. The van der Waals surface area contributed by atoms with E-state index in [1.807, 2.05) is 0 Å². The summed E-state index contributed by atoms with van der Waals surface area (Å²) in [5.74, 6) is 0.685. The molecule has 0 rings (SSSR count). The SMILES string of the molecule is CC(C)C[C@H](N)CNCCN. The molecule has 0 heterocycles. The van der Waals surface area contributed by atoms with E-state index in [-0.39, 0.29) is 6.04 Å². The van der Waals surface area contributed by atoms with E-state index in [2.05, 4.69) is 19.2 Å². The average Bonchev–Trinajstić information content (AvgIpc) is 1.86. The van der Waals surface area contributed by atoms with Crippen LogP contribution in [0.15, 0.2) is 0 Å². The first kappa shape index (κ1) is 10.9. The minimum atomic E-state index is 0.279. The lowest BCUT2D eigenvalue weighted by atomic mass is 10.0. The smallest absolute Gasteiger partial charge is 0.0167 e. The lowest BCUT2D eigenvalue weighted by Crippen LogP contribution is -2.36. The monoisotopic (exact) mass is 159 g/mol. The topological polar surface area (TPSA) is 64.1 Å².